The summed E-state index contributed by atoms with van der Waals surface area (Å²) in [5.41, 5.74) is -0.883. The number of carbonyl (C=O) groups excluding carboxylic acids is 1. The molecule has 6 nitrogen and oxygen atoms in total. The molecule has 1 saturated carbocycles. The van der Waals surface area contributed by atoms with Gasteiger partial charge in [0.2, 0.25) is 5.91 Å². The van der Waals surface area contributed by atoms with Crippen LogP contribution in [0.25, 0.3) is 0 Å². The Hall–Kier alpha value is -1.65. The minimum absolute atomic E-state index is 0.0271. The molecule has 1 N–H and O–H groups in total. The number of nitrogens with one attached hydrogen (secondary N) is 1. The molecule has 0 radical (unpaired) electrons. The average Bonchev–Trinajstić information content (AvgIpc) is 3.21. The van der Waals surface area contributed by atoms with Gasteiger partial charge in [0.1, 0.15) is 5.88 Å². The van der Waals surface area contributed by atoms with Gasteiger partial charge in [0.15, 0.2) is 9.84 Å². The Bertz CT molecular complexity index is 930. The van der Waals surface area contributed by atoms with E-state index >= 15 is 0 Å². The number of carbonyl (C=O) groups is 1. The van der Waals surface area contributed by atoms with Gasteiger partial charge in [0.25, 0.3) is 0 Å². The number of nitrogens with zero attached hydrogens (tertiary/aromatic N) is 1. The van der Waals surface area contributed by atoms with Crippen molar-refractivity contribution in [1.82, 2.24) is 10.2 Å². The molecule has 2 unspecified atom stereocenters. The van der Waals surface area contributed by atoms with E-state index in [2.05, 4.69) is 19.2 Å². The van der Waals surface area contributed by atoms with Gasteiger partial charge in [-0.1, -0.05) is 20.3 Å². The maximum Gasteiger partial charge on any atom is 0.416 e. The zero-order valence-electron chi connectivity index (χ0n) is 19.2. The number of fused-ring (bicyclic) bond motifs is 1. The summed E-state index contributed by atoms with van der Waals surface area (Å²) in [7, 11) is -3.86. The van der Waals surface area contributed by atoms with Crippen molar-refractivity contribution in [2.45, 2.75) is 82.1 Å². The van der Waals surface area contributed by atoms with Gasteiger partial charge in [-0.3, -0.25) is 4.79 Å². The fourth-order valence-corrected chi connectivity index (χ4v) is 6.23. The van der Waals surface area contributed by atoms with Crippen LogP contribution in [0.2, 0.25) is 0 Å². The Labute approximate surface area is 193 Å². The lowest BCUT2D eigenvalue weighted by Crippen LogP contribution is -2.43. The number of benzene rings is 1. The van der Waals surface area contributed by atoms with E-state index < -0.39 is 27.5 Å². The van der Waals surface area contributed by atoms with Crippen LogP contribution in [-0.4, -0.2) is 50.4 Å². The number of hydrogen-bond donors (Lipinski definition) is 1. The second-order valence-electron chi connectivity index (χ2n) is 9.07. The topological polar surface area (TPSA) is 75.7 Å². The van der Waals surface area contributed by atoms with Crippen LogP contribution in [0, 0.1) is 5.92 Å². The van der Waals surface area contributed by atoms with E-state index in [0.717, 1.165) is 50.7 Å². The third-order valence-corrected chi connectivity index (χ3v) is 7.92. The molecule has 2 fully saturated rings. The van der Waals surface area contributed by atoms with Gasteiger partial charge in [-0.25, -0.2) is 8.42 Å². The summed E-state index contributed by atoms with van der Waals surface area (Å²) in [6, 6.07) is 3.17. The molecule has 1 aromatic carbocycles. The summed E-state index contributed by atoms with van der Waals surface area (Å²) < 4.78 is 69.7. The molecule has 1 aromatic rings. The van der Waals surface area contributed by atoms with Crippen molar-refractivity contribution in [2.24, 2.45) is 5.92 Å². The predicted molar refractivity (Wildman–Crippen MR) is 118 cm³/mol. The Morgan fingerprint density at radius 1 is 1.12 bits per heavy atom. The van der Waals surface area contributed by atoms with Crippen molar-refractivity contribution in [2.75, 3.05) is 19.1 Å². The van der Waals surface area contributed by atoms with Crippen LogP contribution < -0.4 is 5.32 Å². The van der Waals surface area contributed by atoms with Gasteiger partial charge < -0.3 is 15.0 Å². The second kappa shape index (κ2) is 10.7. The zero-order chi connectivity index (χ0) is 24.2. The van der Waals surface area contributed by atoms with Crippen LogP contribution in [0.1, 0.15) is 63.5 Å². The van der Waals surface area contributed by atoms with E-state index in [0.29, 0.717) is 18.9 Å². The van der Waals surface area contributed by atoms with E-state index in [1.165, 1.54) is 11.3 Å². The molecular weight excluding hydrogens is 457 g/mol. The van der Waals surface area contributed by atoms with Crippen molar-refractivity contribution < 1.29 is 31.1 Å². The van der Waals surface area contributed by atoms with Crippen LogP contribution in [0.5, 0.6) is 0 Å². The van der Waals surface area contributed by atoms with Crippen LogP contribution in [0.4, 0.5) is 13.2 Å². The number of hydrogen-bond acceptors (Lipinski definition) is 5. The lowest BCUT2D eigenvalue weighted by atomic mass is 10.0. The number of ether oxygens (including phenoxy) is 1. The van der Waals surface area contributed by atoms with Gasteiger partial charge >= 0.3 is 6.18 Å². The molecule has 186 valence electrons. The Morgan fingerprint density at radius 3 is 2.42 bits per heavy atom. The molecule has 2 atom stereocenters. The SMILES string of the molecule is CCC.O=C(C1CCC(NC2CCOCC2)C1)N1Cc2cc(C(F)(F)F)ccc2S(=O)(=O)C1. The molecule has 1 aliphatic carbocycles. The highest BCUT2D eigenvalue weighted by Gasteiger charge is 2.39. The summed E-state index contributed by atoms with van der Waals surface area (Å²) in [4.78, 5) is 14.1. The molecule has 1 amide bonds. The van der Waals surface area contributed by atoms with Crippen LogP contribution in [0.15, 0.2) is 23.1 Å². The number of sulfone groups is 1. The monoisotopic (exact) mass is 490 g/mol. The summed E-state index contributed by atoms with van der Waals surface area (Å²) >= 11 is 0. The van der Waals surface area contributed by atoms with E-state index in [1.807, 2.05) is 0 Å². The highest BCUT2D eigenvalue weighted by molar-refractivity contribution is 7.91. The number of halogens is 3. The van der Waals surface area contributed by atoms with Gasteiger partial charge in [0.05, 0.1) is 10.5 Å². The highest BCUT2D eigenvalue weighted by Crippen LogP contribution is 2.36. The van der Waals surface area contributed by atoms with Crippen molar-refractivity contribution >= 4 is 15.7 Å². The first-order chi connectivity index (χ1) is 15.5. The fourth-order valence-electron chi connectivity index (χ4n) is 4.66. The highest BCUT2D eigenvalue weighted by atomic mass is 32.2. The second-order valence-corrected chi connectivity index (χ2v) is 11.0. The Morgan fingerprint density at radius 2 is 1.79 bits per heavy atom. The summed E-state index contributed by atoms with van der Waals surface area (Å²) in [5.74, 6) is -1.10. The van der Waals surface area contributed by atoms with Gasteiger partial charge in [-0.15, -0.1) is 0 Å². The summed E-state index contributed by atoms with van der Waals surface area (Å²) in [5, 5.41) is 3.57. The fraction of sp³-hybridized carbons (Fsp3) is 0.696. The van der Waals surface area contributed by atoms with Crippen molar-refractivity contribution in [1.29, 1.82) is 0 Å². The third kappa shape index (κ3) is 6.48. The summed E-state index contributed by atoms with van der Waals surface area (Å²) in [6.45, 7) is 5.57. The molecule has 33 heavy (non-hydrogen) atoms. The van der Waals surface area contributed by atoms with Crippen LogP contribution in [0.3, 0.4) is 0 Å². The first-order valence-electron chi connectivity index (χ1n) is 11.6. The molecule has 2 heterocycles. The maximum absolute atomic E-state index is 13.0. The molecule has 4 rings (SSSR count). The van der Waals surface area contributed by atoms with E-state index in [-0.39, 0.29) is 34.9 Å². The molecule has 1 saturated heterocycles. The summed E-state index contributed by atoms with van der Waals surface area (Å²) in [6.07, 6.45) is 0.617. The quantitative estimate of drug-likeness (QED) is 0.690. The molecule has 0 spiro atoms. The minimum atomic E-state index is -4.57. The molecule has 2 aliphatic heterocycles. The smallest absolute Gasteiger partial charge is 0.381 e. The Balaban J connectivity index is 0.000000968. The Kier molecular flexibility index (Phi) is 8.45. The molecular formula is C23H33F3N2O4S. The largest absolute Gasteiger partial charge is 0.416 e. The van der Waals surface area contributed by atoms with Gasteiger partial charge in [0, 0.05) is 37.8 Å². The standard InChI is InChI=1S/C20H25F3N2O4S.C3H8/c21-20(22,23)15-2-4-18-14(9-15)11-25(12-30(18,27)28)19(26)13-1-3-17(10-13)24-16-5-7-29-8-6-16;1-3-2/h2,4,9,13,16-17,24H,1,3,5-8,10-12H2;3H2,1-2H3. The molecule has 0 bridgehead atoms. The number of rotatable bonds is 3. The normalized spacial score (nSPS) is 25.2. The van der Waals surface area contributed by atoms with Crippen LogP contribution in [-0.2, 0) is 32.1 Å². The number of alkyl halides is 3. The van der Waals surface area contributed by atoms with E-state index in [1.54, 1.807) is 0 Å². The number of amides is 1. The lowest BCUT2D eigenvalue weighted by molar-refractivity contribution is -0.137. The van der Waals surface area contributed by atoms with Crippen molar-refractivity contribution in [3.63, 3.8) is 0 Å². The van der Waals surface area contributed by atoms with E-state index in [9.17, 15) is 26.4 Å². The van der Waals surface area contributed by atoms with Crippen LogP contribution >= 0.6 is 0 Å². The van der Waals surface area contributed by atoms with Gasteiger partial charge in [-0.05, 0) is 55.9 Å². The van der Waals surface area contributed by atoms with Crippen molar-refractivity contribution in [3.05, 3.63) is 29.3 Å². The first kappa shape index (κ1) is 26.0. The van der Waals surface area contributed by atoms with Gasteiger partial charge in [-0.2, -0.15) is 13.2 Å². The molecule has 0 aromatic heterocycles. The minimum Gasteiger partial charge on any atom is -0.381 e. The van der Waals surface area contributed by atoms with Crippen molar-refractivity contribution in [3.8, 4) is 0 Å². The molecule has 3 aliphatic rings. The third-order valence-electron chi connectivity index (χ3n) is 6.20. The average molecular weight is 491 g/mol. The zero-order valence-corrected chi connectivity index (χ0v) is 20.0. The first-order valence-corrected chi connectivity index (χ1v) is 13.3. The maximum atomic E-state index is 13.0. The molecule has 10 heteroatoms. The van der Waals surface area contributed by atoms with E-state index in [4.69, 9.17) is 4.74 Å². The predicted octanol–water partition coefficient (Wildman–Crippen LogP) is 4.13. The lowest BCUT2D eigenvalue weighted by Gasteiger charge is -2.31.